The van der Waals surface area contributed by atoms with Crippen LogP contribution in [0.4, 0.5) is 0 Å². The minimum Gasteiger partial charge on any atom is -0.298 e. The molecule has 0 bridgehead atoms. The molecular formula is C10H20N4. The highest BCUT2D eigenvalue weighted by Gasteiger charge is 2.23. The van der Waals surface area contributed by atoms with Crippen LogP contribution < -0.4 is 0 Å². The van der Waals surface area contributed by atoms with Crippen LogP contribution in [0, 0.1) is 0 Å². The Morgan fingerprint density at radius 1 is 1.36 bits per heavy atom. The minimum atomic E-state index is 0.631. The van der Waals surface area contributed by atoms with Gasteiger partial charge in [-0.3, -0.25) is 4.90 Å². The molecule has 0 unspecified atom stereocenters. The van der Waals surface area contributed by atoms with Crippen molar-refractivity contribution in [3.63, 3.8) is 0 Å². The zero-order chi connectivity index (χ0) is 10.4. The summed E-state index contributed by atoms with van der Waals surface area (Å²) in [6.07, 6.45) is 4.96. The van der Waals surface area contributed by atoms with Gasteiger partial charge < -0.3 is 0 Å². The Hall–Kier alpha value is -0.730. The summed E-state index contributed by atoms with van der Waals surface area (Å²) in [6.45, 7) is 6.29. The summed E-state index contributed by atoms with van der Waals surface area (Å²) in [5.74, 6) is 0. The molecule has 0 aliphatic carbocycles. The summed E-state index contributed by atoms with van der Waals surface area (Å²) in [6, 6.07) is 1.40. The van der Waals surface area contributed by atoms with E-state index in [0.717, 1.165) is 13.0 Å². The van der Waals surface area contributed by atoms with Crippen LogP contribution in [0.25, 0.3) is 10.4 Å². The summed E-state index contributed by atoms with van der Waals surface area (Å²) in [4.78, 5) is 5.30. The van der Waals surface area contributed by atoms with Crippen molar-refractivity contribution in [2.24, 2.45) is 5.11 Å². The molecule has 0 spiro atoms. The Labute approximate surface area is 85.9 Å². The topological polar surface area (TPSA) is 52.0 Å². The molecule has 1 fully saturated rings. The number of likely N-dealkylation sites (tertiary alicyclic amines) is 1. The second-order valence-corrected chi connectivity index (χ2v) is 4.17. The average Bonchev–Trinajstić information content (AvgIpc) is 2.16. The molecule has 0 radical (unpaired) electrons. The molecule has 1 saturated heterocycles. The van der Waals surface area contributed by atoms with Gasteiger partial charge in [-0.15, -0.1) is 0 Å². The normalized spacial score (nSPS) is 28.4. The van der Waals surface area contributed by atoms with Crippen molar-refractivity contribution >= 4 is 0 Å². The number of azide groups is 1. The van der Waals surface area contributed by atoms with E-state index in [1.807, 2.05) is 0 Å². The molecular weight excluding hydrogens is 176 g/mol. The maximum absolute atomic E-state index is 8.15. The van der Waals surface area contributed by atoms with Gasteiger partial charge in [-0.25, -0.2) is 0 Å². The highest BCUT2D eigenvalue weighted by molar-refractivity contribution is 4.79. The lowest BCUT2D eigenvalue weighted by atomic mass is 9.97. The van der Waals surface area contributed by atoms with Crippen LogP contribution in [-0.4, -0.2) is 30.1 Å². The molecule has 0 saturated carbocycles. The number of piperidine rings is 1. The van der Waals surface area contributed by atoms with Gasteiger partial charge in [0.1, 0.15) is 0 Å². The molecule has 0 N–H and O–H groups in total. The third-order valence-electron chi connectivity index (χ3n) is 3.11. The first-order chi connectivity index (χ1) is 6.75. The van der Waals surface area contributed by atoms with Gasteiger partial charge in [0.25, 0.3) is 0 Å². The standard InChI is InChI=1S/C10H20N4/c1-9-5-3-6-10(2)14(9)8-4-7-12-13-11/h9-10H,3-8H2,1-2H3/t9-,10+. The smallest absolute Gasteiger partial charge is 0.0270 e. The first kappa shape index (κ1) is 11.3. The molecule has 4 nitrogen and oxygen atoms in total. The lowest BCUT2D eigenvalue weighted by Crippen LogP contribution is -2.44. The van der Waals surface area contributed by atoms with E-state index in [2.05, 4.69) is 28.8 Å². The number of rotatable bonds is 4. The van der Waals surface area contributed by atoms with E-state index in [9.17, 15) is 0 Å². The van der Waals surface area contributed by atoms with E-state index in [1.54, 1.807) is 0 Å². The van der Waals surface area contributed by atoms with Gasteiger partial charge in [-0.2, -0.15) is 0 Å². The molecule has 0 aromatic rings. The summed E-state index contributed by atoms with van der Waals surface area (Å²) < 4.78 is 0. The fourth-order valence-electron chi connectivity index (χ4n) is 2.28. The average molecular weight is 196 g/mol. The van der Waals surface area contributed by atoms with E-state index < -0.39 is 0 Å². The van der Waals surface area contributed by atoms with E-state index >= 15 is 0 Å². The maximum atomic E-state index is 8.15. The third-order valence-corrected chi connectivity index (χ3v) is 3.11. The Balaban J connectivity index is 2.29. The number of hydrogen-bond acceptors (Lipinski definition) is 2. The van der Waals surface area contributed by atoms with Crippen LogP contribution in [0.2, 0.25) is 0 Å². The van der Waals surface area contributed by atoms with Gasteiger partial charge in [0.15, 0.2) is 0 Å². The van der Waals surface area contributed by atoms with Crippen molar-refractivity contribution in [3.05, 3.63) is 10.4 Å². The molecule has 80 valence electrons. The predicted octanol–water partition coefficient (Wildman–Crippen LogP) is 2.95. The van der Waals surface area contributed by atoms with E-state index in [-0.39, 0.29) is 0 Å². The summed E-state index contributed by atoms with van der Waals surface area (Å²) in [5, 5.41) is 3.56. The van der Waals surface area contributed by atoms with Crippen LogP contribution in [0.5, 0.6) is 0 Å². The van der Waals surface area contributed by atoms with Crippen LogP contribution in [0.15, 0.2) is 5.11 Å². The molecule has 1 rings (SSSR count). The molecule has 2 atom stereocenters. The van der Waals surface area contributed by atoms with Crippen molar-refractivity contribution in [1.29, 1.82) is 0 Å². The zero-order valence-corrected chi connectivity index (χ0v) is 9.19. The van der Waals surface area contributed by atoms with Gasteiger partial charge in [0.05, 0.1) is 0 Å². The SMILES string of the molecule is C[C@@H]1CCC[C@H](C)N1CCCN=[N+]=[N-]. The fourth-order valence-corrected chi connectivity index (χ4v) is 2.28. The summed E-state index contributed by atoms with van der Waals surface area (Å²) >= 11 is 0. The highest BCUT2D eigenvalue weighted by atomic mass is 15.2. The monoisotopic (exact) mass is 196 g/mol. The van der Waals surface area contributed by atoms with Crippen LogP contribution >= 0.6 is 0 Å². The Bertz CT molecular complexity index is 200. The Morgan fingerprint density at radius 3 is 2.57 bits per heavy atom. The maximum Gasteiger partial charge on any atom is 0.0270 e. The molecule has 1 aliphatic rings. The molecule has 0 aromatic heterocycles. The first-order valence-electron chi connectivity index (χ1n) is 5.52. The Morgan fingerprint density at radius 2 is 2.00 bits per heavy atom. The molecule has 0 aromatic carbocycles. The highest BCUT2D eigenvalue weighted by Crippen LogP contribution is 2.22. The lowest BCUT2D eigenvalue weighted by Gasteiger charge is -2.38. The zero-order valence-electron chi connectivity index (χ0n) is 9.19. The van der Waals surface area contributed by atoms with Crippen molar-refractivity contribution in [1.82, 2.24) is 4.90 Å². The molecule has 1 aliphatic heterocycles. The molecule has 4 heteroatoms. The van der Waals surface area contributed by atoms with Crippen LogP contribution in [-0.2, 0) is 0 Å². The second-order valence-electron chi connectivity index (χ2n) is 4.17. The van der Waals surface area contributed by atoms with Crippen LogP contribution in [0.1, 0.15) is 39.5 Å². The van der Waals surface area contributed by atoms with Crippen molar-refractivity contribution < 1.29 is 0 Å². The third kappa shape index (κ3) is 3.20. The van der Waals surface area contributed by atoms with Crippen LogP contribution in [0.3, 0.4) is 0 Å². The predicted molar refractivity (Wildman–Crippen MR) is 58.1 cm³/mol. The van der Waals surface area contributed by atoms with Crippen molar-refractivity contribution in [2.45, 2.75) is 51.6 Å². The van der Waals surface area contributed by atoms with Gasteiger partial charge >= 0.3 is 0 Å². The summed E-state index contributed by atoms with van der Waals surface area (Å²) in [7, 11) is 0. The van der Waals surface area contributed by atoms with Crippen molar-refractivity contribution in [2.75, 3.05) is 13.1 Å². The molecule has 0 amide bonds. The number of hydrogen-bond donors (Lipinski definition) is 0. The minimum absolute atomic E-state index is 0.631. The van der Waals surface area contributed by atoms with Gasteiger partial charge in [-0.1, -0.05) is 11.5 Å². The van der Waals surface area contributed by atoms with Gasteiger partial charge in [0.2, 0.25) is 0 Å². The van der Waals surface area contributed by atoms with E-state index in [4.69, 9.17) is 5.53 Å². The van der Waals surface area contributed by atoms with Gasteiger partial charge in [-0.05, 0) is 45.2 Å². The number of nitrogens with zero attached hydrogens (tertiary/aromatic N) is 4. The first-order valence-corrected chi connectivity index (χ1v) is 5.52. The largest absolute Gasteiger partial charge is 0.298 e. The lowest BCUT2D eigenvalue weighted by molar-refractivity contribution is 0.103. The Kier molecular flexibility index (Phi) is 4.77. The van der Waals surface area contributed by atoms with E-state index in [0.29, 0.717) is 18.6 Å². The van der Waals surface area contributed by atoms with E-state index in [1.165, 1.54) is 19.3 Å². The second kappa shape index (κ2) is 5.89. The fraction of sp³-hybridized carbons (Fsp3) is 1.00. The quantitative estimate of drug-likeness (QED) is 0.295. The van der Waals surface area contributed by atoms with Crippen molar-refractivity contribution in [3.8, 4) is 0 Å². The molecule has 1 heterocycles. The summed E-state index contributed by atoms with van der Waals surface area (Å²) in [5.41, 5.74) is 8.15. The molecule has 14 heavy (non-hydrogen) atoms. The van der Waals surface area contributed by atoms with Gasteiger partial charge in [0, 0.05) is 23.5 Å².